The van der Waals surface area contributed by atoms with Crippen molar-refractivity contribution >= 4 is 17.7 Å². The molecule has 3 amide bonds. The number of ether oxygens (including phenoxy) is 1. The Kier molecular flexibility index (Phi) is 8.24. The van der Waals surface area contributed by atoms with Crippen LogP contribution in [0.2, 0.25) is 0 Å². The number of amides is 3. The third-order valence-electron chi connectivity index (χ3n) is 10.1. The second-order valence-corrected chi connectivity index (χ2v) is 12.6. The number of carbonyl (C=O) groups excluding carboxylic acids is 3. The van der Waals surface area contributed by atoms with Crippen LogP contribution in [0.15, 0.2) is 85.0 Å². The lowest BCUT2D eigenvalue weighted by Crippen LogP contribution is -2.58. The third-order valence-corrected chi connectivity index (χ3v) is 10.1. The minimum absolute atomic E-state index is 0.0532. The van der Waals surface area contributed by atoms with Crippen LogP contribution in [0.3, 0.4) is 0 Å². The van der Waals surface area contributed by atoms with Gasteiger partial charge < -0.3 is 24.5 Å². The number of hydrogen-bond donors (Lipinski definition) is 1. The van der Waals surface area contributed by atoms with Crippen molar-refractivity contribution in [1.82, 2.24) is 14.7 Å². The molecule has 0 radical (unpaired) electrons. The molecule has 2 saturated heterocycles. The zero-order valence-electron chi connectivity index (χ0n) is 25.8. The molecule has 8 nitrogen and oxygen atoms in total. The Morgan fingerprint density at radius 3 is 2.23 bits per heavy atom. The standard InChI is InChI=1S/C36H43N3O5/c1-4-14-25(3)38-22-13-20-36-30(33(42)39(31(36)34(38)43)28(24-40)27-17-10-7-11-18-27)29-32(41)37(23-26-15-8-6-9-16-26)21-12-19-35(29,5-2)44-36/h6-13,15-20,25,28-31,40H,4-5,14,21-24H2,1-3H3/t25?,28-,29+,30+,31?,35-,36+/m1/s1. The smallest absolute Gasteiger partial charge is 0.249 e. The van der Waals surface area contributed by atoms with Gasteiger partial charge in [-0.25, -0.2) is 0 Å². The van der Waals surface area contributed by atoms with E-state index in [0.717, 1.165) is 24.0 Å². The van der Waals surface area contributed by atoms with Gasteiger partial charge in [0.15, 0.2) is 0 Å². The topological polar surface area (TPSA) is 90.4 Å². The molecule has 4 aliphatic rings. The third kappa shape index (κ3) is 4.70. The molecule has 1 spiro atoms. The van der Waals surface area contributed by atoms with E-state index in [2.05, 4.69) is 6.92 Å². The first-order valence-electron chi connectivity index (χ1n) is 16.0. The summed E-state index contributed by atoms with van der Waals surface area (Å²) >= 11 is 0. The first-order chi connectivity index (χ1) is 21.3. The van der Waals surface area contributed by atoms with Gasteiger partial charge in [0.1, 0.15) is 11.6 Å². The van der Waals surface area contributed by atoms with Crippen LogP contribution in [0, 0.1) is 11.8 Å². The average molecular weight is 598 g/mol. The molecule has 0 saturated carbocycles. The lowest BCUT2D eigenvalue weighted by molar-refractivity contribution is -0.158. The summed E-state index contributed by atoms with van der Waals surface area (Å²) in [7, 11) is 0. The first kappa shape index (κ1) is 30.3. The molecule has 0 aliphatic carbocycles. The van der Waals surface area contributed by atoms with Gasteiger partial charge in [-0.05, 0) is 30.9 Å². The van der Waals surface area contributed by atoms with Gasteiger partial charge in [0.2, 0.25) is 17.7 Å². The van der Waals surface area contributed by atoms with Crippen LogP contribution in [0.4, 0.5) is 0 Å². The summed E-state index contributed by atoms with van der Waals surface area (Å²) in [6.07, 6.45) is 9.96. The molecule has 44 heavy (non-hydrogen) atoms. The van der Waals surface area contributed by atoms with Crippen molar-refractivity contribution < 1.29 is 24.2 Å². The fourth-order valence-corrected chi connectivity index (χ4v) is 8.05. The van der Waals surface area contributed by atoms with Crippen LogP contribution in [0.25, 0.3) is 0 Å². The summed E-state index contributed by atoms with van der Waals surface area (Å²) in [5, 5.41) is 10.8. The van der Waals surface area contributed by atoms with Crippen LogP contribution in [0.5, 0.6) is 0 Å². The molecule has 1 N–H and O–H groups in total. The van der Waals surface area contributed by atoms with E-state index in [1.54, 1.807) is 9.80 Å². The number of likely N-dealkylation sites (tertiary alicyclic amines) is 1. The molecule has 4 heterocycles. The Balaban J connectivity index is 1.50. The van der Waals surface area contributed by atoms with E-state index in [9.17, 15) is 19.5 Å². The summed E-state index contributed by atoms with van der Waals surface area (Å²) in [6, 6.07) is 17.3. The van der Waals surface area contributed by atoms with Crippen molar-refractivity contribution in [3.8, 4) is 0 Å². The molecule has 2 aromatic rings. The molecule has 7 atom stereocenters. The summed E-state index contributed by atoms with van der Waals surface area (Å²) < 4.78 is 7.12. The van der Waals surface area contributed by atoms with E-state index in [1.807, 2.05) is 104 Å². The Morgan fingerprint density at radius 2 is 1.57 bits per heavy atom. The molecule has 2 aromatic carbocycles. The van der Waals surface area contributed by atoms with E-state index in [1.165, 1.54) is 0 Å². The Labute approximate surface area is 260 Å². The maximum absolute atomic E-state index is 15.0. The number of fused-ring (bicyclic) bond motifs is 2. The highest BCUT2D eigenvalue weighted by molar-refractivity contribution is 6.00. The predicted octanol–water partition coefficient (Wildman–Crippen LogP) is 4.27. The van der Waals surface area contributed by atoms with E-state index in [4.69, 9.17) is 4.74 Å². The van der Waals surface area contributed by atoms with Gasteiger partial charge in [-0.3, -0.25) is 14.4 Å². The van der Waals surface area contributed by atoms with Gasteiger partial charge in [0.05, 0.1) is 30.1 Å². The van der Waals surface area contributed by atoms with Crippen molar-refractivity contribution in [2.45, 2.75) is 75.9 Å². The maximum Gasteiger partial charge on any atom is 0.249 e. The summed E-state index contributed by atoms with van der Waals surface area (Å²) in [5.74, 6) is -2.45. The van der Waals surface area contributed by atoms with Crippen LogP contribution in [-0.2, 0) is 25.7 Å². The zero-order chi connectivity index (χ0) is 31.1. The number of hydrogen-bond acceptors (Lipinski definition) is 5. The highest BCUT2D eigenvalue weighted by Crippen LogP contribution is 2.59. The van der Waals surface area contributed by atoms with E-state index in [0.29, 0.717) is 26.1 Å². The molecule has 2 unspecified atom stereocenters. The number of rotatable bonds is 9. The van der Waals surface area contributed by atoms with Gasteiger partial charge in [-0.2, -0.15) is 0 Å². The minimum atomic E-state index is -1.37. The van der Waals surface area contributed by atoms with Crippen molar-refractivity contribution in [2.75, 3.05) is 19.7 Å². The van der Waals surface area contributed by atoms with Gasteiger partial charge in [-0.1, -0.05) is 105 Å². The minimum Gasteiger partial charge on any atom is -0.394 e. The van der Waals surface area contributed by atoms with Crippen LogP contribution in [-0.4, -0.2) is 80.5 Å². The number of aliphatic hydroxyl groups excluding tert-OH is 1. The second kappa shape index (κ2) is 12.0. The maximum atomic E-state index is 15.0. The van der Waals surface area contributed by atoms with Crippen molar-refractivity contribution in [3.63, 3.8) is 0 Å². The second-order valence-electron chi connectivity index (χ2n) is 12.6. The molecule has 0 bridgehead atoms. The summed E-state index contributed by atoms with van der Waals surface area (Å²) in [6.45, 7) is 6.93. The van der Waals surface area contributed by atoms with Crippen molar-refractivity contribution in [1.29, 1.82) is 0 Å². The predicted molar refractivity (Wildman–Crippen MR) is 167 cm³/mol. The zero-order valence-corrected chi connectivity index (χ0v) is 25.8. The van der Waals surface area contributed by atoms with E-state index < -0.39 is 35.1 Å². The Bertz CT molecular complexity index is 1440. The molecule has 6 rings (SSSR count). The van der Waals surface area contributed by atoms with Crippen molar-refractivity contribution in [3.05, 3.63) is 96.1 Å². The van der Waals surface area contributed by atoms with Crippen LogP contribution >= 0.6 is 0 Å². The summed E-state index contributed by atoms with van der Waals surface area (Å²) in [4.78, 5) is 49.5. The molecule has 4 aliphatic heterocycles. The number of benzene rings is 2. The molecule has 232 valence electrons. The molecule has 2 fully saturated rings. The Morgan fingerprint density at radius 1 is 0.886 bits per heavy atom. The Hall–Kier alpha value is -3.75. The SMILES string of the molecule is CCCC(C)N1CC=C[C@]23O[C@]4(CC)C=CCN(Cc5ccccc5)C(=O)[C@@H]4[C@H]2C(=O)N([C@H](CO)c2ccccc2)C3C1=O. The molecular formula is C36H43N3O5. The molecular weight excluding hydrogens is 554 g/mol. The van der Waals surface area contributed by atoms with Gasteiger partial charge >= 0.3 is 0 Å². The van der Waals surface area contributed by atoms with Gasteiger partial charge in [-0.15, -0.1) is 0 Å². The van der Waals surface area contributed by atoms with E-state index in [-0.39, 0.29) is 30.4 Å². The largest absolute Gasteiger partial charge is 0.394 e. The van der Waals surface area contributed by atoms with Crippen molar-refractivity contribution in [2.24, 2.45) is 11.8 Å². The fourth-order valence-electron chi connectivity index (χ4n) is 8.05. The highest BCUT2D eigenvalue weighted by atomic mass is 16.5. The highest BCUT2D eigenvalue weighted by Gasteiger charge is 2.76. The number of nitrogens with zero attached hydrogens (tertiary/aromatic N) is 3. The monoisotopic (exact) mass is 597 g/mol. The normalized spacial score (nSPS) is 31.0. The molecule has 8 heteroatoms. The quantitative estimate of drug-likeness (QED) is 0.437. The summed E-state index contributed by atoms with van der Waals surface area (Å²) in [5.41, 5.74) is -0.692. The lowest BCUT2D eigenvalue weighted by atomic mass is 9.73. The molecule has 0 aromatic heterocycles. The van der Waals surface area contributed by atoms with E-state index >= 15 is 0 Å². The fraction of sp³-hybridized carbons (Fsp3) is 0.472. The van der Waals surface area contributed by atoms with Gasteiger partial charge in [0.25, 0.3) is 0 Å². The lowest BCUT2D eigenvalue weighted by Gasteiger charge is -2.41. The average Bonchev–Trinajstić information content (AvgIpc) is 3.33. The first-order valence-corrected chi connectivity index (χ1v) is 16.0. The number of aliphatic hydroxyl groups is 1. The van der Waals surface area contributed by atoms with Gasteiger partial charge in [0, 0.05) is 25.7 Å². The van der Waals surface area contributed by atoms with Crippen LogP contribution in [0.1, 0.15) is 57.2 Å². The van der Waals surface area contributed by atoms with Crippen LogP contribution < -0.4 is 0 Å². The number of carbonyl (C=O) groups is 3.